The highest BCUT2D eigenvalue weighted by atomic mass is 127. The fourth-order valence-corrected chi connectivity index (χ4v) is 5.56. The number of benzene rings is 2. The second-order valence-corrected chi connectivity index (χ2v) is 24.1. The highest BCUT2D eigenvalue weighted by Gasteiger charge is 2.37. The average Bonchev–Trinajstić information content (AvgIpc) is 2.82. The zero-order chi connectivity index (χ0) is 29.0. The summed E-state index contributed by atoms with van der Waals surface area (Å²) in [7, 11) is -3.30. The summed E-state index contributed by atoms with van der Waals surface area (Å²) in [4.78, 5) is 0. The van der Waals surface area contributed by atoms with Gasteiger partial charge in [-0.05, 0) is 94.5 Å². The van der Waals surface area contributed by atoms with E-state index in [4.69, 9.17) is 8.85 Å². The van der Waals surface area contributed by atoms with E-state index in [0.717, 1.165) is 13.2 Å². The minimum Gasteiger partial charge on any atom is -0.413 e. The molecule has 2 nitrogen and oxygen atoms in total. The summed E-state index contributed by atoms with van der Waals surface area (Å²) >= 11 is 2.37. The van der Waals surface area contributed by atoms with Crippen LogP contribution in [0.1, 0.15) is 90.8 Å². The molecule has 2 aromatic carbocycles. The van der Waals surface area contributed by atoms with Gasteiger partial charge in [-0.15, -0.1) is 0 Å². The summed E-state index contributed by atoms with van der Waals surface area (Å²) in [5, 5.41) is 0.547. The van der Waals surface area contributed by atoms with E-state index in [1.165, 1.54) is 45.9 Å². The van der Waals surface area contributed by atoms with E-state index < -0.39 is 16.6 Å². The molecule has 0 fully saturated rings. The molecule has 5 heteroatoms. The van der Waals surface area contributed by atoms with Crippen LogP contribution in [0.4, 0.5) is 0 Å². The molecule has 0 saturated heterocycles. The average molecular weight is 667 g/mol. The Morgan fingerprint density at radius 2 is 1.18 bits per heavy atom. The van der Waals surface area contributed by atoms with E-state index >= 15 is 0 Å². The van der Waals surface area contributed by atoms with Crippen LogP contribution in [0.25, 0.3) is 6.08 Å². The van der Waals surface area contributed by atoms with Crippen LogP contribution in [-0.2, 0) is 22.1 Å². The van der Waals surface area contributed by atoms with E-state index in [9.17, 15) is 0 Å². The molecule has 2 rings (SSSR count). The molecule has 2 aromatic rings. The van der Waals surface area contributed by atoms with E-state index in [-0.39, 0.29) is 10.1 Å². The summed E-state index contributed by atoms with van der Waals surface area (Å²) in [6, 6.07) is 17.0. The highest BCUT2D eigenvalue weighted by Crippen LogP contribution is 2.38. The van der Waals surface area contributed by atoms with Crippen LogP contribution in [0, 0.1) is 3.57 Å². The SMILES string of the molecule is CC(C)(C)[Si](C)(C)OCc1ccccc1I.CCCCC/C=C/c1ccccc1CO[Si](C)(C)C(C)(C)C. The van der Waals surface area contributed by atoms with Crippen molar-refractivity contribution in [3.05, 3.63) is 74.9 Å². The molecule has 0 heterocycles. The molecule has 0 amide bonds. The van der Waals surface area contributed by atoms with Crippen molar-refractivity contribution in [2.45, 2.75) is 124 Å². The topological polar surface area (TPSA) is 18.5 Å². The molecule has 0 bridgehead atoms. The quantitative estimate of drug-likeness (QED) is 0.135. The lowest BCUT2D eigenvalue weighted by molar-refractivity contribution is 0.275. The lowest BCUT2D eigenvalue weighted by Crippen LogP contribution is -2.40. The van der Waals surface area contributed by atoms with E-state index in [1.54, 1.807) is 0 Å². The summed E-state index contributed by atoms with van der Waals surface area (Å²) in [5.41, 5.74) is 3.91. The molecule has 0 aliphatic rings. The van der Waals surface area contributed by atoms with Crippen molar-refractivity contribution < 1.29 is 8.85 Å². The second kappa shape index (κ2) is 15.9. The maximum Gasteiger partial charge on any atom is 0.192 e. The van der Waals surface area contributed by atoms with Crippen LogP contribution in [0.2, 0.25) is 36.3 Å². The molecule has 0 aliphatic heterocycles. The van der Waals surface area contributed by atoms with Gasteiger partial charge in [0.15, 0.2) is 16.6 Å². The standard InChI is InChI=1S/C20H34OSi.C13H21IOSi/c1-7-8-9-10-11-14-18-15-12-13-16-19(18)17-21-22(5,6)20(2,3)4;1-13(2,3)16(4,5)15-10-11-8-6-7-9-12(11)14/h11-16H,7-10,17H2,1-6H3;6-9H,10H2,1-5H3/b14-11+;. The number of hydrogen-bond acceptors (Lipinski definition) is 2. The van der Waals surface area contributed by atoms with Gasteiger partial charge in [0, 0.05) is 3.57 Å². The van der Waals surface area contributed by atoms with Gasteiger partial charge < -0.3 is 8.85 Å². The molecule has 38 heavy (non-hydrogen) atoms. The van der Waals surface area contributed by atoms with Gasteiger partial charge in [-0.1, -0.05) is 116 Å². The molecule has 0 atom stereocenters. The first-order valence-electron chi connectivity index (χ1n) is 14.3. The number of unbranched alkanes of at least 4 members (excludes halogenated alkanes) is 3. The van der Waals surface area contributed by atoms with Crippen LogP contribution in [-0.4, -0.2) is 16.6 Å². The Morgan fingerprint density at radius 1 is 0.711 bits per heavy atom. The number of rotatable bonds is 11. The monoisotopic (exact) mass is 666 g/mol. The Kier molecular flexibility index (Phi) is 14.8. The van der Waals surface area contributed by atoms with Crippen molar-refractivity contribution in [1.29, 1.82) is 0 Å². The predicted molar refractivity (Wildman–Crippen MR) is 183 cm³/mol. The first kappa shape index (κ1) is 35.3. The Labute approximate surface area is 251 Å². The van der Waals surface area contributed by atoms with Crippen molar-refractivity contribution in [2.75, 3.05) is 0 Å². The van der Waals surface area contributed by atoms with Crippen molar-refractivity contribution in [2.24, 2.45) is 0 Å². The van der Waals surface area contributed by atoms with E-state index in [2.05, 4.69) is 158 Å². The second-order valence-electron chi connectivity index (χ2n) is 13.3. The molecule has 214 valence electrons. The molecular weight excluding hydrogens is 611 g/mol. The third kappa shape index (κ3) is 12.2. The van der Waals surface area contributed by atoms with Gasteiger partial charge in [0.2, 0.25) is 0 Å². The normalized spacial score (nSPS) is 12.9. The molecule has 0 radical (unpaired) electrons. The molecular formula is C33H55IO2Si2. The van der Waals surface area contributed by atoms with Crippen LogP contribution in [0.5, 0.6) is 0 Å². The molecule has 0 N–H and O–H groups in total. The van der Waals surface area contributed by atoms with Crippen molar-refractivity contribution in [3.63, 3.8) is 0 Å². The van der Waals surface area contributed by atoms with E-state index in [0.29, 0.717) is 0 Å². The first-order valence-corrected chi connectivity index (χ1v) is 21.2. The van der Waals surface area contributed by atoms with Gasteiger partial charge in [-0.3, -0.25) is 0 Å². The maximum absolute atomic E-state index is 6.37. The largest absolute Gasteiger partial charge is 0.413 e. The molecule has 0 unspecified atom stereocenters. The summed E-state index contributed by atoms with van der Waals surface area (Å²) in [6.07, 6.45) is 9.63. The van der Waals surface area contributed by atoms with Crippen molar-refractivity contribution >= 4 is 45.3 Å². The molecule has 0 spiro atoms. The molecule has 0 saturated carbocycles. The Balaban J connectivity index is 0.000000399. The molecule has 0 aliphatic carbocycles. The fourth-order valence-electron chi connectivity index (χ4n) is 3.12. The minimum atomic E-state index is -1.68. The third-order valence-corrected chi connectivity index (χ3v) is 18.1. The third-order valence-electron chi connectivity index (χ3n) is 8.07. The van der Waals surface area contributed by atoms with Crippen LogP contribution in [0.15, 0.2) is 54.6 Å². The Morgan fingerprint density at radius 3 is 1.68 bits per heavy atom. The lowest BCUT2D eigenvalue weighted by atomic mass is 10.1. The Hall–Kier alpha value is -0.736. The summed E-state index contributed by atoms with van der Waals surface area (Å²) < 4.78 is 13.9. The zero-order valence-electron chi connectivity index (χ0n) is 26.2. The van der Waals surface area contributed by atoms with Gasteiger partial charge in [0.05, 0.1) is 13.2 Å². The Bertz CT molecular complexity index is 985. The van der Waals surface area contributed by atoms with Crippen molar-refractivity contribution in [1.82, 2.24) is 0 Å². The van der Waals surface area contributed by atoms with Crippen LogP contribution < -0.4 is 0 Å². The zero-order valence-corrected chi connectivity index (χ0v) is 30.4. The smallest absolute Gasteiger partial charge is 0.192 e. The van der Waals surface area contributed by atoms with Gasteiger partial charge in [-0.25, -0.2) is 0 Å². The van der Waals surface area contributed by atoms with Gasteiger partial charge in [-0.2, -0.15) is 0 Å². The summed E-state index contributed by atoms with van der Waals surface area (Å²) in [5.74, 6) is 0. The minimum absolute atomic E-state index is 0.262. The first-order chi connectivity index (χ1) is 17.5. The number of hydrogen-bond donors (Lipinski definition) is 0. The highest BCUT2D eigenvalue weighted by molar-refractivity contribution is 14.1. The van der Waals surface area contributed by atoms with Crippen LogP contribution >= 0.6 is 22.6 Å². The lowest BCUT2D eigenvalue weighted by Gasteiger charge is -2.36. The number of halogens is 1. The van der Waals surface area contributed by atoms with E-state index in [1.807, 2.05) is 0 Å². The summed E-state index contributed by atoms with van der Waals surface area (Å²) in [6.45, 7) is 26.6. The van der Waals surface area contributed by atoms with Gasteiger partial charge in [0.1, 0.15) is 0 Å². The number of allylic oxidation sites excluding steroid dienone is 1. The van der Waals surface area contributed by atoms with Crippen LogP contribution in [0.3, 0.4) is 0 Å². The maximum atomic E-state index is 6.37. The van der Waals surface area contributed by atoms with Crippen molar-refractivity contribution in [3.8, 4) is 0 Å². The van der Waals surface area contributed by atoms with Gasteiger partial charge >= 0.3 is 0 Å². The predicted octanol–water partition coefficient (Wildman–Crippen LogP) is 11.6. The molecule has 0 aromatic heterocycles. The van der Waals surface area contributed by atoms with Gasteiger partial charge in [0.25, 0.3) is 0 Å². The fraction of sp³-hybridized carbons (Fsp3) is 0.576.